The van der Waals surface area contributed by atoms with Crippen molar-refractivity contribution in [3.8, 4) is 0 Å². The van der Waals surface area contributed by atoms with E-state index in [0.29, 0.717) is 26.2 Å². The highest BCUT2D eigenvalue weighted by molar-refractivity contribution is 6.34. The average Bonchev–Trinajstić information content (AvgIpc) is 2.53. The first-order valence-electron chi connectivity index (χ1n) is 7.33. The van der Waals surface area contributed by atoms with Crippen LogP contribution in [0.25, 0.3) is 0 Å². The summed E-state index contributed by atoms with van der Waals surface area (Å²) in [6, 6.07) is 3.80. The smallest absolute Gasteiger partial charge is 0.270 e. The summed E-state index contributed by atoms with van der Waals surface area (Å²) < 4.78 is 0. The van der Waals surface area contributed by atoms with Crippen molar-refractivity contribution in [3.05, 3.63) is 38.9 Å². The molecule has 2 amide bonds. The Labute approximate surface area is 139 Å². The maximum atomic E-state index is 12.5. The summed E-state index contributed by atoms with van der Waals surface area (Å²) in [7, 11) is 0. The summed E-state index contributed by atoms with van der Waals surface area (Å²) in [6.07, 6.45) is 0. The number of rotatable bonds is 3. The number of nitro benzene ring substituents is 1. The summed E-state index contributed by atoms with van der Waals surface area (Å²) in [4.78, 5) is 37.9. The summed E-state index contributed by atoms with van der Waals surface area (Å²) in [6.45, 7) is 5.49. The van der Waals surface area contributed by atoms with Crippen molar-refractivity contribution < 1.29 is 14.5 Å². The highest BCUT2D eigenvalue weighted by atomic mass is 35.5. The lowest BCUT2D eigenvalue weighted by molar-refractivity contribution is -0.384. The number of piperazine rings is 1. The molecule has 1 fully saturated rings. The molecule has 7 nitrogen and oxygen atoms in total. The molecule has 0 atom stereocenters. The Kier molecular flexibility index (Phi) is 5.20. The Balaban J connectivity index is 2.05. The Bertz CT molecular complexity index is 640. The number of non-ortho nitro benzene ring substituents is 1. The van der Waals surface area contributed by atoms with Crippen LogP contribution in [0.4, 0.5) is 5.69 Å². The van der Waals surface area contributed by atoms with Gasteiger partial charge in [0.15, 0.2) is 0 Å². The highest BCUT2D eigenvalue weighted by Crippen LogP contribution is 2.24. The molecule has 1 saturated heterocycles. The van der Waals surface area contributed by atoms with Crippen LogP contribution in [0.15, 0.2) is 18.2 Å². The summed E-state index contributed by atoms with van der Waals surface area (Å²) in [5.41, 5.74) is 0.0832. The number of hydrogen-bond acceptors (Lipinski definition) is 4. The summed E-state index contributed by atoms with van der Waals surface area (Å²) in [5, 5.41) is 10.8. The van der Waals surface area contributed by atoms with Gasteiger partial charge in [-0.2, -0.15) is 0 Å². The first-order valence-corrected chi connectivity index (χ1v) is 7.71. The normalized spacial score (nSPS) is 15.0. The van der Waals surface area contributed by atoms with Crippen molar-refractivity contribution >= 4 is 29.1 Å². The SMILES string of the molecule is CC(C)C(=O)N1CCN(C(=O)c2ccc([N+](=O)[O-])cc2Cl)CC1. The number of nitro groups is 1. The predicted molar refractivity (Wildman–Crippen MR) is 85.4 cm³/mol. The van der Waals surface area contributed by atoms with Crippen LogP contribution in [0.1, 0.15) is 24.2 Å². The molecule has 1 aromatic rings. The molecule has 124 valence electrons. The molecule has 0 unspecified atom stereocenters. The molecule has 8 heteroatoms. The molecule has 0 radical (unpaired) electrons. The molecule has 1 aliphatic rings. The molecular formula is C15H18ClN3O4. The maximum Gasteiger partial charge on any atom is 0.270 e. The van der Waals surface area contributed by atoms with E-state index in [0.717, 1.165) is 0 Å². The van der Waals surface area contributed by atoms with E-state index in [1.807, 2.05) is 13.8 Å². The van der Waals surface area contributed by atoms with Gasteiger partial charge >= 0.3 is 0 Å². The quantitative estimate of drug-likeness (QED) is 0.624. The van der Waals surface area contributed by atoms with Crippen LogP contribution < -0.4 is 0 Å². The highest BCUT2D eigenvalue weighted by Gasteiger charge is 2.27. The maximum absolute atomic E-state index is 12.5. The summed E-state index contributed by atoms with van der Waals surface area (Å²) >= 11 is 5.99. The minimum Gasteiger partial charge on any atom is -0.339 e. The van der Waals surface area contributed by atoms with Gasteiger partial charge in [-0.15, -0.1) is 0 Å². The third kappa shape index (κ3) is 3.79. The van der Waals surface area contributed by atoms with E-state index < -0.39 is 4.92 Å². The Morgan fingerprint density at radius 1 is 1.17 bits per heavy atom. The molecule has 23 heavy (non-hydrogen) atoms. The Hall–Kier alpha value is -2.15. The molecule has 0 saturated carbocycles. The largest absolute Gasteiger partial charge is 0.339 e. The van der Waals surface area contributed by atoms with E-state index in [1.165, 1.54) is 18.2 Å². The van der Waals surface area contributed by atoms with Crippen LogP contribution in [-0.4, -0.2) is 52.7 Å². The number of halogens is 1. The standard InChI is InChI=1S/C15H18ClN3O4/c1-10(2)14(20)17-5-7-18(8-6-17)15(21)12-4-3-11(19(22)23)9-13(12)16/h3-4,9-10H,5-8H2,1-2H3. The zero-order valence-corrected chi connectivity index (χ0v) is 13.7. The number of carbonyl (C=O) groups excluding carboxylic acids is 2. The molecule has 0 aromatic heterocycles. The third-order valence-corrected chi connectivity index (χ3v) is 4.08. The first-order chi connectivity index (χ1) is 10.8. The number of benzene rings is 1. The molecule has 0 bridgehead atoms. The fourth-order valence-corrected chi connectivity index (χ4v) is 2.71. The minimum atomic E-state index is -0.559. The Morgan fingerprint density at radius 3 is 2.22 bits per heavy atom. The molecule has 2 rings (SSSR count). The zero-order chi connectivity index (χ0) is 17.1. The van der Waals surface area contributed by atoms with Gasteiger partial charge in [0.1, 0.15) is 0 Å². The van der Waals surface area contributed by atoms with Crippen LogP contribution in [0.3, 0.4) is 0 Å². The van der Waals surface area contributed by atoms with E-state index in [-0.39, 0.29) is 34.0 Å². The predicted octanol–water partition coefficient (Wildman–Crippen LogP) is 2.19. The third-order valence-electron chi connectivity index (χ3n) is 3.77. The fraction of sp³-hybridized carbons (Fsp3) is 0.467. The lowest BCUT2D eigenvalue weighted by atomic mass is 10.1. The Morgan fingerprint density at radius 2 is 1.74 bits per heavy atom. The second-order valence-corrected chi connectivity index (χ2v) is 6.10. The second-order valence-electron chi connectivity index (χ2n) is 5.69. The van der Waals surface area contributed by atoms with Gasteiger partial charge in [-0.1, -0.05) is 25.4 Å². The van der Waals surface area contributed by atoms with Crippen LogP contribution in [0.5, 0.6) is 0 Å². The van der Waals surface area contributed by atoms with Crippen molar-refractivity contribution in [3.63, 3.8) is 0 Å². The fourth-order valence-electron chi connectivity index (χ4n) is 2.46. The van der Waals surface area contributed by atoms with Gasteiger partial charge in [0, 0.05) is 44.2 Å². The minimum absolute atomic E-state index is 0.0601. The monoisotopic (exact) mass is 339 g/mol. The number of amides is 2. The van der Waals surface area contributed by atoms with Gasteiger partial charge in [0.2, 0.25) is 5.91 Å². The van der Waals surface area contributed by atoms with Crippen molar-refractivity contribution in [1.29, 1.82) is 0 Å². The van der Waals surface area contributed by atoms with Crippen LogP contribution >= 0.6 is 11.6 Å². The van der Waals surface area contributed by atoms with Crippen molar-refractivity contribution in [2.45, 2.75) is 13.8 Å². The lowest BCUT2D eigenvalue weighted by Crippen LogP contribution is -2.51. The number of nitrogens with zero attached hydrogens (tertiary/aromatic N) is 3. The van der Waals surface area contributed by atoms with E-state index in [2.05, 4.69) is 0 Å². The van der Waals surface area contributed by atoms with Crippen molar-refractivity contribution in [1.82, 2.24) is 9.80 Å². The van der Waals surface area contributed by atoms with E-state index in [4.69, 9.17) is 11.6 Å². The van der Waals surface area contributed by atoms with Gasteiger partial charge in [0.05, 0.1) is 15.5 Å². The topological polar surface area (TPSA) is 83.8 Å². The lowest BCUT2D eigenvalue weighted by Gasteiger charge is -2.35. The van der Waals surface area contributed by atoms with Crippen molar-refractivity contribution in [2.75, 3.05) is 26.2 Å². The zero-order valence-electron chi connectivity index (χ0n) is 13.0. The van der Waals surface area contributed by atoms with Gasteiger partial charge < -0.3 is 9.80 Å². The molecule has 0 spiro atoms. The molecule has 1 aromatic carbocycles. The van der Waals surface area contributed by atoms with E-state index in [1.54, 1.807) is 9.80 Å². The van der Waals surface area contributed by atoms with E-state index >= 15 is 0 Å². The molecule has 1 heterocycles. The average molecular weight is 340 g/mol. The van der Waals surface area contributed by atoms with Gasteiger partial charge in [-0.3, -0.25) is 19.7 Å². The van der Waals surface area contributed by atoms with E-state index in [9.17, 15) is 19.7 Å². The van der Waals surface area contributed by atoms with Gasteiger partial charge in [0.25, 0.3) is 11.6 Å². The van der Waals surface area contributed by atoms with Gasteiger partial charge in [-0.05, 0) is 6.07 Å². The van der Waals surface area contributed by atoms with Gasteiger partial charge in [-0.25, -0.2) is 0 Å². The molecular weight excluding hydrogens is 322 g/mol. The second kappa shape index (κ2) is 6.95. The summed E-state index contributed by atoms with van der Waals surface area (Å²) in [5.74, 6) is -0.270. The van der Waals surface area contributed by atoms with Crippen molar-refractivity contribution in [2.24, 2.45) is 5.92 Å². The molecule has 0 aliphatic carbocycles. The first kappa shape index (κ1) is 17.2. The molecule has 0 N–H and O–H groups in total. The van der Waals surface area contributed by atoms with Crippen LogP contribution in [0, 0.1) is 16.0 Å². The van der Waals surface area contributed by atoms with Crippen LogP contribution in [0.2, 0.25) is 5.02 Å². The number of hydrogen-bond donors (Lipinski definition) is 0. The molecule has 1 aliphatic heterocycles. The number of carbonyl (C=O) groups is 2. The van der Waals surface area contributed by atoms with Crippen LogP contribution in [-0.2, 0) is 4.79 Å².